The minimum Gasteiger partial charge on any atom is -0.462 e. The zero-order chi connectivity index (χ0) is 19.1. The predicted octanol–water partition coefficient (Wildman–Crippen LogP) is 2.24. The molecule has 0 atom stereocenters. The third-order valence-electron chi connectivity index (χ3n) is 5.42. The van der Waals surface area contributed by atoms with E-state index in [-0.39, 0.29) is 12.2 Å². The number of hydrogen-bond donors (Lipinski definition) is 0. The summed E-state index contributed by atoms with van der Waals surface area (Å²) in [6, 6.07) is 3.42. The topological polar surface area (TPSA) is 54.3 Å². The van der Waals surface area contributed by atoms with E-state index in [1.165, 1.54) is 10.6 Å². The van der Waals surface area contributed by atoms with Crippen LogP contribution < -0.4 is 10.5 Å². The predicted molar refractivity (Wildman–Crippen MR) is 101 cm³/mol. The van der Waals surface area contributed by atoms with Crippen molar-refractivity contribution in [2.45, 2.75) is 25.7 Å². The Morgan fingerprint density at radius 2 is 1.93 bits per heavy atom. The van der Waals surface area contributed by atoms with Crippen molar-refractivity contribution < 1.29 is 13.9 Å². The molecule has 0 N–H and O–H groups in total. The number of piperazine rings is 1. The summed E-state index contributed by atoms with van der Waals surface area (Å²) in [5.74, 6) is -0.793. The van der Waals surface area contributed by atoms with Gasteiger partial charge in [-0.05, 0) is 50.4 Å². The summed E-state index contributed by atoms with van der Waals surface area (Å²) in [5.41, 5.74) is 1.58. The quantitative estimate of drug-likeness (QED) is 0.770. The van der Waals surface area contributed by atoms with E-state index in [1.54, 1.807) is 19.1 Å². The van der Waals surface area contributed by atoms with Crippen LogP contribution in [-0.4, -0.2) is 55.1 Å². The number of esters is 1. The minimum atomic E-state index is -0.651. The van der Waals surface area contributed by atoms with Crippen molar-refractivity contribution in [2.75, 3.05) is 44.7 Å². The number of nitrogens with zero attached hydrogens (tertiary/aromatic N) is 3. The first kappa shape index (κ1) is 18.0. The van der Waals surface area contributed by atoms with Crippen LogP contribution in [0.5, 0.6) is 0 Å². The molecule has 1 saturated carbocycles. The van der Waals surface area contributed by atoms with Gasteiger partial charge in [0.2, 0.25) is 0 Å². The lowest BCUT2D eigenvalue weighted by molar-refractivity contribution is 0.0524. The van der Waals surface area contributed by atoms with Gasteiger partial charge < -0.3 is 14.5 Å². The first-order chi connectivity index (χ1) is 13.0. The summed E-state index contributed by atoms with van der Waals surface area (Å²) >= 11 is 0. The van der Waals surface area contributed by atoms with Crippen LogP contribution in [0.2, 0.25) is 0 Å². The number of hydrogen-bond acceptors (Lipinski definition) is 5. The highest BCUT2D eigenvalue weighted by Gasteiger charge is 2.29. The summed E-state index contributed by atoms with van der Waals surface area (Å²) < 4.78 is 21.2. The van der Waals surface area contributed by atoms with E-state index in [1.807, 2.05) is 4.90 Å². The molecule has 2 aliphatic rings. The van der Waals surface area contributed by atoms with Gasteiger partial charge in [-0.2, -0.15) is 0 Å². The van der Waals surface area contributed by atoms with Crippen LogP contribution >= 0.6 is 0 Å². The van der Waals surface area contributed by atoms with Crippen LogP contribution in [-0.2, 0) is 4.74 Å². The number of ether oxygens (including phenoxy) is 1. The smallest absolute Gasteiger partial charge is 0.343 e. The molecule has 0 bridgehead atoms. The molecule has 0 amide bonds. The number of carbonyl (C=O) groups is 1. The van der Waals surface area contributed by atoms with Gasteiger partial charge in [-0.15, -0.1) is 0 Å². The SMILES string of the molecule is CCOC(=O)c1cc(C2CC2)c2cc(N3CCN(C)CC3)c(F)cn2c1=O. The Morgan fingerprint density at radius 1 is 1.22 bits per heavy atom. The molecule has 144 valence electrons. The standard InChI is InChI=1S/C20H24FN3O3/c1-3-27-20(26)15-10-14(13-4-5-13)17-11-18(16(21)12-24(17)19(15)25)23-8-6-22(2)7-9-23/h10-13H,3-9H2,1-2H3. The van der Waals surface area contributed by atoms with E-state index in [0.29, 0.717) is 17.1 Å². The zero-order valence-corrected chi connectivity index (χ0v) is 15.7. The molecular weight excluding hydrogens is 349 g/mol. The van der Waals surface area contributed by atoms with Gasteiger partial charge in [0.1, 0.15) is 5.56 Å². The van der Waals surface area contributed by atoms with Gasteiger partial charge in [0.15, 0.2) is 5.82 Å². The van der Waals surface area contributed by atoms with Crippen LogP contribution in [0.4, 0.5) is 10.1 Å². The van der Waals surface area contributed by atoms with Gasteiger partial charge in [-0.3, -0.25) is 9.20 Å². The second-order valence-electron chi connectivity index (χ2n) is 7.37. The van der Waals surface area contributed by atoms with Crippen LogP contribution in [0.15, 0.2) is 23.1 Å². The second-order valence-corrected chi connectivity index (χ2v) is 7.37. The molecule has 2 aromatic rings. The Bertz CT molecular complexity index is 944. The van der Waals surface area contributed by atoms with Crippen LogP contribution in [0.3, 0.4) is 0 Å². The molecule has 0 radical (unpaired) electrons. The number of halogens is 1. The van der Waals surface area contributed by atoms with E-state index in [0.717, 1.165) is 44.6 Å². The number of anilines is 1. The summed E-state index contributed by atoms with van der Waals surface area (Å²) in [6.07, 6.45) is 3.24. The Balaban J connectivity index is 1.85. The first-order valence-corrected chi connectivity index (χ1v) is 9.49. The summed E-state index contributed by atoms with van der Waals surface area (Å²) in [4.78, 5) is 29.2. The van der Waals surface area contributed by atoms with Gasteiger partial charge in [-0.1, -0.05) is 0 Å². The normalized spacial score (nSPS) is 18.1. The summed E-state index contributed by atoms with van der Waals surface area (Å²) in [6.45, 7) is 5.11. The van der Waals surface area contributed by atoms with E-state index in [9.17, 15) is 14.0 Å². The average molecular weight is 373 g/mol. The Kier molecular flexibility index (Phi) is 4.63. The fraction of sp³-hybridized carbons (Fsp3) is 0.500. The average Bonchev–Trinajstić information content (AvgIpc) is 3.48. The maximum atomic E-state index is 14.9. The highest BCUT2D eigenvalue weighted by Crippen LogP contribution is 2.42. The third-order valence-corrected chi connectivity index (χ3v) is 5.42. The van der Waals surface area contributed by atoms with Crippen molar-refractivity contribution in [1.29, 1.82) is 0 Å². The number of fused-ring (bicyclic) bond motifs is 1. The maximum absolute atomic E-state index is 14.9. The third kappa shape index (κ3) is 3.32. The van der Waals surface area contributed by atoms with Gasteiger partial charge in [0.05, 0.1) is 24.0 Å². The highest BCUT2D eigenvalue weighted by atomic mass is 19.1. The molecule has 3 heterocycles. The van der Waals surface area contributed by atoms with Crippen LogP contribution in [0, 0.1) is 5.82 Å². The molecule has 0 spiro atoms. The monoisotopic (exact) mass is 373 g/mol. The van der Waals surface area contributed by atoms with Gasteiger partial charge in [-0.25, -0.2) is 9.18 Å². The van der Waals surface area contributed by atoms with Crippen molar-refractivity contribution in [3.63, 3.8) is 0 Å². The lowest BCUT2D eigenvalue weighted by Gasteiger charge is -2.34. The second kappa shape index (κ2) is 6.96. The molecule has 6 nitrogen and oxygen atoms in total. The van der Waals surface area contributed by atoms with Crippen molar-refractivity contribution >= 4 is 17.2 Å². The molecule has 0 aromatic carbocycles. The molecule has 7 heteroatoms. The largest absolute Gasteiger partial charge is 0.462 e. The van der Waals surface area contributed by atoms with E-state index < -0.39 is 17.3 Å². The molecule has 1 aliphatic heterocycles. The van der Waals surface area contributed by atoms with Crippen molar-refractivity contribution in [3.05, 3.63) is 45.6 Å². The van der Waals surface area contributed by atoms with Gasteiger partial charge in [0.25, 0.3) is 5.56 Å². The maximum Gasteiger partial charge on any atom is 0.343 e. The lowest BCUT2D eigenvalue weighted by Crippen LogP contribution is -2.45. The number of carbonyl (C=O) groups excluding carboxylic acids is 1. The first-order valence-electron chi connectivity index (χ1n) is 9.49. The summed E-state index contributed by atoms with van der Waals surface area (Å²) in [7, 11) is 2.05. The molecular formula is C20H24FN3O3. The van der Waals surface area contributed by atoms with Crippen LogP contribution in [0.25, 0.3) is 5.52 Å². The molecule has 0 unspecified atom stereocenters. The highest BCUT2D eigenvalue weighted by molar-refractivity contribution is 5.90. The van der Waals surface area contributed by atoms with Crippen molar-refractivity contribution in [1.82, 2.24) is 9.30 Å². The lowest BCUT2D eigenvalue weighted by atomic mass is 10.1. The Hall–Kier alpha value is -2.41. The van der Waals surface area contributed by atoms with Crippen molar-refractivity contribution in [2.24, 2.45) is 0 Å². The Labute approximate surface area is 157 Å². The fourth-order valence-electron chi connectivity index (χ4n) is 3.69. The molecule has 2 fully saturated rings. The molecule has 1 aliphatic carbocycles. The number of likely N-dealkylation sites (N-methyl/N-ethyl adjacent to an activating group) is 1. The fourth-order valence-corrected chi connectivity index (χ4v) is 3.69. The van der Waals surface area contributed by atoms with Crippen LogP contribution in [0.1, 0.15) is 41.6 Å². The Morgan fingerprint density at radius 3 is 2.56 bits per heavy atom. The van der Waals surface area contributed by atoms with Gasteiger partial charge in [0, 0.05) is 26.2 Å². The molecule has 1 saturated heterocycles. The number of pyridine rings is 2. The molecule has 4 rings (SSSR count). The van der Waals surface area contributed by atoms with E-state index in [4.69, 9.17) is 4.74 Å². The van der Waals surface area contributed by atoms with Crippen molar-refractivity contribution in [3.8, 4) is 0 Å². The number of aromatic nitrogens is 1. The molecule has 27 heavy (non-hydrogen) atoms. The van der Waals surface area contributed by atoms with E-state index in [2.05, 4.69) is 11.9 Å². The van der Waals surface area contributed by atoms with E-state index >= 15 is 0 Å². The van der Waals surface area contributed by atoms with Gasteiger partial charge >= 0.3 is 5.97 Å². The molecule has 2 aromatic heterocycles. The zero-order valence-electron chi connectivity index (χ0n) is 15.7. The minimum absolute atomic E-state index is 0.0250. The summed E-state index contributed by atoms with van der Waals surface area (Å²) in [5, 5.41) is 0. The number of rotatable bonds is 4.